The number of rotatable bonds is 15. The van der Waals surface area contributed by atoms with Gasteiger partial charge in [0.1, 0.15) is 0 Å². The van der Waals surface area contributed by atoms with Gasteiger partial charge in [0, 0.05) is 0 Å². The number of carboxylic acids is 1. The Morgan fingerprint density at radius 2 is 1.14 bits per heavy atom. The highest BCUT2D eigenvalue weighted by Gasteiger charge is 1.91. The Kier molecular flexibility index (Phi) is 16.7. The third-order valence-corrected chi connectivity index (χ3v) is 3.51. The molecule has 2 nitrogen and oxygen atoms in total. The molecule has 0 unspecified atom stereocenters. The van der Waals surface area contributed by atoms with Crippen LogP contribution in [0.15, 0.2) is 36.5 Å². The van der Waals surface area contributed by atoms with Gasteiger partial charge in [-0.05, 0) is 51.4 Å². The predicted molar refractivity (Wildman–Crippen MR) is 96.1 cm³/mol. The first kappa shape index (κ1) is 20.7. The fourth-order valence-electron chi connectivity index (χ4n) is 2.23. The molecule has 1 N–H and O–H groups in total. The highest BCUT2D eigenvalue weighted by molar-refractivity contribution is 5.68. The summed E-state index contributed by atoms with van der Waals surface area (Å²) in [5.74, 6) is -0.748. The topological polar surface area (TPSA) is 37.3 Å². The second-order valence-corrected chi connectivity index (χ2v) is 5.70. The number of hydrogen-bond acceptors (Lipinski definition) is 1. The number of carboxylic acid groups (broad SMARTS) is 1. The van der Waals surface area contributed by atoms with Crippen LogP contribution in [0.1, 0.15) is 84.0 Å². The highest BCUT2D eigenvalue weighted by atomic mass is 16.4. The Balaban J connectivity index is 3.18. The fraction of sp³-hybridized carbons (Fsp3) is 0.650. The minimum absolute atomic E-state index is 0.154. The van der Waals surface area contributed by atoms with E-state index in [1.54, 1.807) is 6.08 Å². The van der Waals surface area contributed by atoms with Crippen molar-refractivity contribution in [3.8, 4) is 0 Å². The molecule has 0 aliphatic rings. The van der Waals surface area contributed by atoms with E-state index in [9.17, 15) is 4.79 Å². The van der Waals surface area contributed by atoms with Crippen LogP contribution in [0.25, 0.3) is 0 Å². The molecule has 22 heavy (non-hydrogen) atoms. The highest BCUT2D eigenvalue weighted by Crippen LogP contribution is 2.08. The molecule has 0 bridgehead atoms. The maximum Gasteiger partial charge on any atom is 0.307 e. The van der Waals surface area contributed by atoms with Crippen molar-refractivity contribution in [2.75, 3.05) is 0 Å². The van der Waals surface area contributed by atoms with E-state index in [4.69, 9.17) is 5.11 Å². The van der Waals surface area contributed by atoms with Crippen molar-refractivity contribution >= 4 is 5.97 Å². The van der Waals surface area contributed by atoms with Crippen molar-refractivity contribution in [2.45, 2.75) is 84.0 Å². The zero-order chi connectivity index (χ0) is 16.3. The molecule has 0 atom stereocenters. The summed E-state index contributed by atoms with van der Waals surface area (Å²) in [6.07, 6.45) is 26.5. The van der Waals surface area contributed by atoms with Crippen LogP contribution in [0.2, 0.25) is 0 Å². The molecule has 0 saturated heterocycles. The summed E-state index contributed by atoms with van der Waals surface area (Å²) in [7, 11) is 0. The van der Waals surface area contributed by atoms with Gasteiger partial charge in [0.05, 0.1) is 6.42 Å². The van der Waals surface area contributed by atoms with Crippen molar-refractivity contribution in [2.24, 2.45) is 0 Å². The molecule has 0 fully saturated rings. The smallest absolute Gasteiger partial charge is 0.307 e. The van der Waals surface area contributed by atoms with Gasteiger partial charge in [-0.2, -0.15) is 0 Å². The van der Waals surface area contributed by atoms with Gasteiger partial charge in [-0.1, -0.05) is 62.6 Å². The van der Waals surface area contributed by atoms with Gasteiger partial charge in [0.25, 0.3) is 0 Å². The summed E-state index contributed by atoms with van der Waals surface area (Å²) < 4.78 is 0. The third kappa shape index (κ3) is 18.7. The zero-order valence-electron chi connectivity index (χ0n) is 14.3. The molecule has 0 aliphatic carbocycles. The van der Waals surface area contributed by atoms with E-state index in [0.717, 1.165) is 12.8 Å². The quantitative estimate of drug-likeness (QED) is 0.279. The molecule has 0 radical (unpaired) electrons. The molecule has 0 saturated carbocycles. The normalized spacial score (nSPS) is 12.0. The van der Waals surface area contributed by atoms with Crippen LogP contribution in [0.3, 0.4) is 0 Å². The van der Waals surface area contributed by atoms with Crippen LogP contribution in [-0.4, -0.2) is 11.1 Å². The van der Waals surface area contributed by atoms with Crippen LogP contribution in [0, 0.1) is 0 Å². The van der Waals surface area contributed by atoms with Crippen molar-refractivity contribution in [3.05, 3.63) is 36.5 Å². The van der Waals surface area contributed by atoms with Gasteiger partial charge in [-0.25, -0.2) is 0 Å². The van der Waals surface area contributed by atoms with Crippen LogP contribution < -0.4 is 0 Å². The molecule has 126 valence electrons. The molecular weight excluding hydrogens is 272 g/mol. The Hall–Kier alpha value is -1.31. The first-order chi connectivity index (χ1) is 10.8. The standard InChI is InChI=1S/C20H34O2/c1-2-3-4-5-6-7-8-9-10-11-12-13-14-15-16-17-18-19-20(21)22/h3-4,8-9,17-18H,2,5-7,10-16,19H2,1H3,(H,21,22). The van der Waals surface area contributed by atoms with Gasteiger partial charge in [0.2, 0.25) is 0 Å². The van der Waals surface area contributed by atoms with Crippen LogP contribution in [0.4, 0.5) is 0 Å². The van der Waals surface area contributed by atoms with E-state index in [1.165, 1.54) is 57.8 Å². The number of aliphatic carboxylic acids is 1. The first-order valence-electron chi connectivity index (χ1n) is 8.94. The summed E-state index contributed by atoms with van der Waals surface area (Å²) >= 11 is 0. The lowest BCUT2D eigenvalue weighted by Gasteiger charge is -1.98. The van der Waals surface area contributed by atoms with Crippen LogP contribution >= 0.6 is 0 Å². The third-order valence-electron chi connectivity index (χ3n) is 3.51. The SMILES string of the molecule is CCC=CCCCC=CCCCCCCCC=CCC(=O)O. The Labute approximate surface area is 137 Å². The van der Waals surface area contributed by atoms with Gasteiger partial charge in [-0.3, -0.25) is 4.79 Å². The number of allylic oxidation sites excluding steroid dienone is 5. The van der Waals surface area contributed by atoms with Crippen LogP contribution in [0.5, 0.6) is 0 Å². The Morgan fingerprint density at radius 3 is 1.68 bits per heavy atom. The lowest BCUT2D eigenvalue weighted by Crippen LogP contribution is -1.89. The van der Waals surface area contributed by atoms with E-state index in [2.05, 4.69) is 31.2 Å². The summed E-state index contributed by atoms with van der Waals surface area (Å²) in [6.45, 7) is 2.17. The molecule has 0 amide bonds. The zero-order valence-corrected chi connectivity index (χ0v) is 14.3. The molecule has 0 aromatic rings. The van der Waals surface area contributed by atoms with E-state index in [0.29, 0.717) is 0 Å². The van der Waals surface area contributed by atoms with Gasteiger partial charge < -0.3 is 5.11 Å². The molecule has 0 aromatic heterocycles. The van der Waals surface area contributed by atoms with E-state index in [-0.39, 0.29) is 6.42 Å². The minimum Gasteiger partial charge on any atom is -0.481 e. The summed E-state index contributed by atoms with van der Waals surface area (Å²) in [4.78, 5) is 10.3. The molecule has 2 heteroatoms. The van der Waals surface area contributed by atoms with Gasteiger partial charge in [0.15, 0.2) is 0 Å². The predicted octanol–water partition coefficient (Wildman–Crippen LogP) is 6.44. The number of hydrogen-bond donors (Lipinski definition) is 1. The summed E-state index contributed by atoms with van der Waals surface area (Å²) in [5, 5.41) is 8.48. The maximum atomic E-state index is 10.3. The second kappa shape index (κ2) is 17.7. The average molecular weight is 306 g/mol. The average Bonchev–Trinajstić information content (AvgIpc) is 2.50. The maximum absolute atomic E-state index is 10.3. The molecular formula is C20H34O2. The minimum atomic E-state index is -0.748. The second-order valence-electron chi connectivity index (χ2n) is 5.70. The summed E-state index contributed by atoms with van der Waals surface area (Å²) in [5.41, 5.74) is 0. The Morgan fingerprint density at radius 1 is 0.682 bits per heavy atom. The van der Waals surface area contributed by atoms with Gasteiger partial charge in [-0.15, -0.1) is 0 Å². The van der Waals surface area contributed by atoms with Crippen molar-refractivity contribution in [3.63, 3.8) is 0 Å². The van der Waals surface area contributed by atoms with Crippen molar-refractivity contribution < 1.29 is 9.90 Å². The molecule has 0 aliphatic heterocycles. The number of unbranched alkanes of at least 4 members (excludes halogenated alkanes) is 8. The van der Waals surface area contributed by atoms with Gasteiger partial charge >= 0.3 is 5.97 Å². The monoisotopic (exact) mass is 306 g/mol. The van der Waals surface area contributed by atoms with E-state index in [1.807, 2.05) is 6.08 Å². The largest absolute Gasteiger partial charge is 0.481 e. The van der Waals surface area contributed by atoms with E-state index >= 15 is 0 Å². The molecule has 0 heterocycles. The summed E-state index contributed by atoms with van der Waals surface area (Å²) in [6, 6.07) is 0. The molecule has 0 rings (SSSR count). The molecule has 0 spiro atoms. The number of carbonyl (C=O) groups is 1. The lowest BCUT2D eigenvalue weighted by atomic mass is 10.1. The lowest BCUT2D eigenvalue weighted by molar-refractivity contribution is -0.136. The molecule has 0 aromatic carbocycles. The van der Waals surface area contributed by atoms with Crippen molar-refractivity contribution in [1.29, 1.82) is 0 Å². The fourth-order valence-corrected chi connectivity index (χ4v) is 2.23. The van der Waals surface area contributed by atoms with Crippen molar-refractivity contribution in [1.82, 2.24) is 0 Å². The van der Waals surface area contributed by atoms with E-state index < -0.39 is 5.97 Å². The Bertz CT molecular complexity index is 327. The first-order valence-corrected chi connectivity index (χ1v) is 8.94. The van der Waals surface area contributed by atoms with Crippen LogP contribution in [-0.2, 0) is 4.79 Å².